The quantitative estimate of drug-likeness (QED) is 0.692. The lowest BCUT2D eigenvalue weighted by atomic mass is 10.4. The molecule has 2 heterocycles. The monoisotopic (exact) mass is 354 g/mol. The van der Waals surface area contributed by atoms with Crippen molar-refractivity contribution in [3.8, 4) is 0 Å². The van der Waals surface area contributed by atoms with Gasteiger partial charge in [-0.25, -0.2) is 0 Å². The summed E-state index contributed by atoms with van der Waals surface area (Å²) in [6.45, 7) is 3.64. The van der Waals surface area contributed by atoms with Crippen molar-refractivity contribution in [1.82, 2.24) is 20.3 Å². The third-order valence-electron chi connectivity index (χ3n) is 2.89. The molecule has 0 atom stereocenters. The second kappa shape index (κ2) is 7.60. The Morgan fingerprint density at radius 2 is 2.00 bits per heavy atom. The molecule has 1 fully saturated rings. The van der Waals surface area contributed by atoms with E-state index in [1.54, 1.807) is 0 Å². The molecule has 0 aromatic carbocycles. The number of nitrogens with zero attached hydrogens (tertiary/aromatic N) is 4. The van der Waals surface area contributed by atoms with Crippen molar-refractivity contribution >= 4 is 46.7 Å². The summed E-state index contributed by atoms with van der Waals surface area (Å²) in [6.07, 6.45) is 0.980. The highest BCUT2D eigenvalue weighted by atomic mass is 35.6. The van der Waals surface area contributed by atoms with E-state index in [9.17, 15) is 0 Å². The van der Waals surface area contributed by atoms with Gasteiger partial charge in [0.05, 0.1) is 6.61 Å². The molecule has 3 N–H and O–H groups in total. The molecule has 0 aliphatic carbocycles. The number of aromatic nitrogens is 3. The summed E-state index contributed by atoms with van der Waals surface area (Å²) in [7, 11) is 0. The number of rotatable bonds is 4. The van der Waals surface area contributed by atoms with Gasteiger partial charge in [-0.3, -0.25) is 0 Å². The number of hydrogen-bond acceptors (Lipinski definition) is 7. The van der Waals surface area contributed by atoms with Gasteiger partial charge < -0.3 is 20.6 Å². The maximum atomic E-state index is 8.88. The third-order valence-corrected chi connectivity index (χ3v) is 3.40. The lowest BCUT2D eigenvalue weighted by Gasteiger charge is -2.22. The number of halogens is 3. The highest BCUT2D eigenvalue weighted by Crippen LogP contribution is 2.36. The first kappa shape index (κ1) is 16.8. The van der Waals surface area contributed by atoms with Gasteiger partial charge in [0, 0.05) is 26.2 Å². The third kappa shape index (κ3) is 4.96. The average molecular weight is 356 g/mol. The predicted molar refractivity (Wildman–Crippen MR) is 84.3 cm³/mol. The van der Waals surface area contributed by atoms with Gasteiger partial charge in [0.2, 0.25) is 15.7 Å². The van der Waals surface area contributed by atoms with Crippen LogP contribution in [0, 0.1) is 0 Å². The molecule has 10 heteroatoms. The summed E-state index contributed by atoms with van der Waals surface area (Å²) >= 11 is 17.6. The molecule has 1 aliphatic heterocycles. The minimum atomic E-state index is -1.72. The molecule has 1 saturated heterocycles. The number of aliphatic hydroxyl groups is 1. The van der Waals surface area contributed by atoms with Crippen LogP contribution in [-0.2, 0) is 3.79 Å². The molecule has 1 aromatic rings. The van der Waals surface area contributed by atoms with E-state index >= 15 is 0 Å². The fraction of sp³-hybridized carbons (Fsp3) is 0.727. The van der Waals surface area contributed by atoms with Crippen molar-refractivity contribution in [3.05, 3.63) is 5.82 Å². The Kier molecular flexibility index (Phi) is 6.07. The molecule has 0 unspecified atom stereocenters. The van der Waals surface area contributed by atoms with E-state index in [1.165, 1.54) is 0 Å². The largest absolute Gasteiger partial charge is 0.395 e. The zero-order chi connectivity index (χ0) is 15.3. The summed E-state index contributed by atoms with van der Waals surface area (Å²) in [5.74, 6) is 0.818. The lowest BCUT2D eigenvalue weighted by molar-refractivity contribution is 0.310. The maximum Gasteiger partial charge on any atom is 0.250 e. The molecule has 2 rings (SSSR count). The van der Waals surface area contributed by atoms with Crippen LogP contribution in [0.25, 0.3) is 0 Å². The summed E-state index contributed by atoms with van der Waals surface area (Å²) in [5, 5.41) is 15.1. The number of nitrogens with one attached hydrogen (secondary N) is 2. The van der Waals surface area contributed by atoms with E-state index in [1.807, 2.05) is 4.90 Å². The molecule has 0 spiro atoms. The van der Waals surface area contributed by atoms with Crippen LogP contribution in [0.1, 0.15) is 12.2 Å². The van der Waals surface area contributed by atoms with E-state index in [2.05, 4.69) is 25.6 Å². The predicted octanol–water partition coefficient (Wildman–Crippen LogP) is 0.902. The molecule has 21 heavy (non-hydrogen) atoms. The Balaban J connectivity index is 2.29. The van der Waals surface area contributed by atoms with E-state index < -0.39 is 3.79 Å². The van der Waals surface area contributed by atoms with E-state index in [-0.39, 0.29) is 18.4 Å². The van der Waals surface area contributed by atoms with Gasteiger partial charge in [-0.05, 0) is 13.0 Å². The summed E-state index contributed by atoms with van der Waals surface area (Å²) in [4.78, 5) is 14.7. The van der Waals surface area contributed by atoms with Crippen LogP contribution >= 0.6 is 34.8 Å². The number of anilines is 2. The topological polar surface area (TPSA) is 86.2 Å². The second-order valence-corrected chi connectivity index (χ2v) is 6.80. The number of alkyl halides is 3. The highest BCUT2D eigenvalue weighted by Gasteiger charge is 2.29. The van der Waals surface area contributed by atoms with E-state index in [0.29, 0.717) is 12.5 Å². The molecular formula is C11H17Cl3N6O. The number of hydrogen-bond donors (Lipinski definition) is 3. The minimum absolute atomic E-state index is 0.0439. The molecule has 7 nitrogen and oxygen atoms in total. The molecule has 0 saturated carbocycles. The van der Waals surface area contributed by atoms with Crippen LogP contribution in [0.3, 0.4) is 0 Å². The van der Waals surface area contributed by atoms with Crippen molar-refractivity contribution in [2.75, 3.05) is 49.5 Å². The van der Waals surface area contributed by atoms with E-state index in [0.717, 1.165) is 32.6 Å². The van der Waals surface area contributed by atoms with Crippen molar-refractivity contribution in [1.29, 1.82) is 0 Å². The number of aliphatic hydroxyl groups excluding tert-OH is 1. The summed E-state index contributed by atoms with van der Waals surface area (Å²) < 4.78 is -1.72. The first-order valence-corrected chi connectivity index (χ1v) is 7.78. The van der Waals surface area contributed by atoms with Gasteiger partial charge in [-0.15, -0.1) is 0 Å². The standard InChI is InChI=1S/C11H17Cl3N6O/c12-11(13,14)8-17-9(16-4-7-21)19-10(18-8)20-5-1-2-15-3-6-20/h15,21H,1-7H2,(H,16,17,18,19). The second-order valence-electron chi connectivity index (χ2n) is 4.52. The first-order chi connectivity index (χ1) is 10.0. The smallest absolute Gasteiger partial charge is 0.250 e. The average Bonchev–Trinajstić information content (AvgIpc) is 2.73. The van der Waals surface area contributed by atoms with Gasteiger partial charge >= 0.3 is 0 Å². The van der Waals surface area contributed by atoms with Crippen molar-refractivity contribution < 1.29 is 5.11 Å². The molecular weight excluding hydrogens is 339 g/mol. The van der Waals surface area contributed by atoms with Crippen LogP contribution in [0.2, 0.25) is 0 Å². The molecule has 1 aliphatic rings. The van der Waals surface area contributed by atoms with Gasteiger partial charge in [0.1, 0.15) is 0 Å². The first-order valence-electron chi connectivity index (χ1n) is 6.64. The van der Waals surface area contributed by atoms with Crippen molar-refractivity contribution in [2.24, 2.45) is 0 Å². The summed E-state index contributed by atoms with van der Waals surface area (Å²) in [6, 6.07) is 0. The Morgan fingerprint density at radius 3 is 2.71 bits per heavy atom. The maximum absolute atomic E-state index is 8.88. The minimum Gasteiger partial charge on any atom is -0.395 e. The zero-order valence-electron chi connectivity index (χ0n) is 11.3. The Morgan fingerprint density at radius 1 is 1.19 bits per heavy atom. The van der Waals surface area contributed by atoms with Gasteiger partial charge in [0.25, 0.3) is 0 Å². The van der Waals surface area contributed by atoms with Crippen molar-refractivity contribution in [3.63, 3.8) is 0 Å². The van der Waals surface area contributed by atoms with Crippen LogP contribution in [0.15, 0.2) is 0 Å². The van der Waals surface area contributed by atoms with Gasteiger partial charge in [0.15, 0.2) is 5.82 Å². The Bertz CT molecular complexity index is 462. The van der Waals surface area contributed by atoms with Gasteiger partial charge in [-0.1, -0.05) is 34.8 Å². The Hall–Kier alpha value is -0.600. The normalized spacial score (nSPS) is 16.7. The van der Waals surface area contributed by atoms with Crippen molar-refractivity contribution in [2.45, 2.75) is 10.2 Å². The lowest BCUT2D eigenvalue weighted by Crippen LogP contribution is -2.30. The molecule has 118 valence electrons. The fourth-order valence-electron chi connectivity index (χ4n) is 1.93. The van der Waals surface area contributed by atoms with Crippen LogP contribution in [-0.4, -0.2) is 59.4 Å². The fourth-order valence-corrected chi connectivity index (χ4v) is 2.18. The zero-order valence-corrected chi connectivity index (χ0v) is 13.6. The molecule has 0 radical (unpaired) electrons. The molecule has 1 aromatic heterocycles. The van der Waals surface area contributed by atoms with E-state index in [4.69, 9.17) is 39.9 Å². The SMILES string of the molecule is OCCNc1nc(N2CCCNCC2)nc(C(Cl)(Cl)Cl)n1. The van der Waals surface area contributed by atoms with Crippen LogP contribution in [0.5, 0.6) is 0 Å². The van der Waals surface area contributed by atoms with Crippen LogP contribution < -0.4 is 15.5 Å². The molecule has 0 amide bonds. The molecule has 0 bridgehead atoms. The van der Waals surface area contributed by atoms with Crippen LogP contribution in [0.4, 0.5) is 11.9 Å². The summed E-state index contributed by atoms with van der Waals surface area (Å²) in [5.41, 5.74) is 0. The Labute approximate surface area is 138 Å². The highest BCUT2D eigenvalue weighted by molar-refractivity contribution is 6.66. The van der Waals surface area contributed by atoms with Gasteiger partial charge in [-0.2, -0.15) is 15.0 Å².